The van der Waals surface area contributed by atoms with Gasteiger partial charge in [0.05, 0.1) is 20.1 Å². The molecule has 0 saturated carbocycles. The van der Waals surface area contributed by atoms with Gasteiger partial charge < -0.3 is 18.9 Å². The third-order valence-electron chi connectivity index (χ3n) is 4.94. The summed E-state index contributed by atoms with van der Waals surface area (Å²) in [6.07, 6.45) is 0.346. The van der Waals surface area contributed by atoms with Crippen LogP contribution in [0.15, 0.2) is 51.5 Å². The van der Waals surface area contributed by atoms with Crippen LogP contribution in [0.3, 0.4) is 0 Å². The average molecular weight is 458 g/mol. The van der Waals surface area contributed by atoms with Crippen molar-refractivity contribution in [3.63, 3.8) is 0 Å². The summed E-state index contributed by atoms with van der Waals surface area (Å²) in [5, 5.41) is 4.08. The van der Waals surface area contributed by atoms with E-state index in [1.807, 2.05) is 42.5 Å². The number of likely N-dealkylation sites (tertiary alicyclic amines) is 1. The van der Waals surface area contributed by atoms with E-state index in [4.69, 9.17) is 14.0 Å². The molecule has 7 nitrogen and oxygen atoms in total. The van der Waals surface area contributed by atoms with Gasteiger partial charge in [0.1, 0.15) is 11.5 Å². The molecule has 0 spiro atoms. The number of rotatable bonds is 6. The topological polar surface area (TPSA) is 77.7 Å². The molecule has 0 bridgehead atoms. The fraction of sp³-hybridized carbons (Fsp3) is 0.286. The van der Waals surface area contributed by atoms with Crippen molar-refractivity contribution in [1.29, 1.82) is 0 Å². The van der Waals surface area contributed by atoms with Crippen molar-refractivity contribution in [1.82, 2.24) is 15.0 Å². The van der Waals surface area contributed by atoms with Crippen LogP contribution in [0.4, 0.5) is 0 Å². The fourth-order valence-corrected chi connectivity index (χ4v) is 3.82. The van der Waals surface area contributed by atoms with E-state index in [-0.39, 0.29) is 11.8 Å². The molecular formula is C21H20BrN3O4. The van der Waals surface area contributed by atoms with Crippen LogP contribution in [-0.4, -0.2) is 41.7 Å². The molecule has 2 heterocycles. The van der Waals surface area contributed by atoms with E-state index >= 15 is 0 Å². The number of methoxy groups -OCH3 is 2. The Kier molecular flexibility index (Phi) is 5.53. The van der Waals surface area contributed by atoms with Crippen molar-refractivity contribution in [3.8, 4) is 22.9 Å². The zero-order valence-corrected chi connectivity index (χ0v) is 17.7. The number of nitrogens with zero attached hydrogens (tertiary/aromatic N) is 3. The van der Waals surface area contributed by atoms with Crippen LogP contribution in [0, 0.1) is 0 Å². The molecule has 29 heavy (non-hydrogen) atoms. The van der Waals surface area contributed by atoms with Gasteiger partial charge in [0.15, 0.2) is 0 Å². The maximum Gasteiger partial charge on any atom is 0.232 e. The van der Waals surface area contributed by atoms with Gasteiger partial charge in [-0.05, 0) is 24.3 Å². The third-order valence-corrected chi connectivity index (χ3v) is 5.44. The highest BCUT2D eigenvalue weighted by atomic mass is 79.9. The summed E-state index contributed by atoms with van der Waals surface area (Å²) in [7, 11) is 3.21. The number of benzene rings is 2. The summed E-state index contributed by atoms with van der Waals surface area (Å²) >= 11 is 3.44. The zero-order valence-electron chi connectivity index (χ0n) is 16.1. The van der Waals surface area contributed by atoms with Gasteiger partial charge in [-0.25, -0.2) is 0 Å². The van der Waals surface area contributed by atoms with Crippen LogP contribution in [0.2, 0.25) is 0 Å². The average Bonchev–Trinajstić information content (AvgIpc) is 3.36. The molecule has 1 aliphatic rings. The predicted octanol–water partition coefficient (Wildman–Crippen LogP) is 4.03. The number of carbonyl (C=O) groups excluding carboxylic acids is 1. The Morgan fingerprint density at radius 1 is 1.21 bits per heavy atom. The van der Waals surface area contributed by atoms with Gasteiger partial charge in [-0.3, -0.25) is 4.79 Å². The predicted molar refractivity (Wildman–Crippen MR) is 110 cm³/mol. The van der Waals surface area contributed by atoms with Gasteiger partial charge in [0, 0.05) is 41.2 Å². The monoisotopic (exact) mass is 457 g/mol. The first-order chi connectivity index (χ1) is 14.1. The lowest BCUT2D eigenvalue weighted by Crippen LogP contribution is -2.24. The Labute approximate surface area is 176 Å². The quantitative estimate of drug-likeness (QED) is 0.555. The van der Waals surface area contributed by atoms with Crippen molar-refractivity contribution in [2.45, 2.75) is 18.9 Å². The van der Waals surface area contributed by atoms with Crippen LogP contribution < -0.4 is 9.47 Å². The number of hydrogen-bond donors (Lipinski definition) is 0. The first-order valence-corrected chi connectivity index (χ1v) is 9.95. The lowest BCUT2D eigenvalue weighted by atomic mass is 10.1. The van der Waals surface area contributed by atoms with Gasteiger partial charge >= 0.3 is 0 Å². The molecule has 0 aliphatic carbocycles. The van der Waals surface area contributed by atoms with Crippen molar-refractivity contribution in [3.05, 3.63) is 58.4 Å². The smallest absolute Gasteiger partial charge is 0.232 e. The van der Waals surface area contributed by atoms with Gasteiger partial charge in [0.2, 0.25) is 17.6 Å². The number of amides is 1. The van der Waals surface area contributed by atoms with Crippen LogP contribution in [-0.2, 0) is 11.3 Å². The van der Waals surface area contributed by atoms with E-state index in [2.05, 4.69) is 26.1 Å². The molecule has 1 atom stereocenters. The highest BCUT2D eigenvalue weighted by molar-refractivity contribution is 9.10. The largest absolute Gasteiger partial charge is 0.497 e. The van der Waals surface area contributed by atoms with Crippen molar-refractivity contribution >= 4 is 21.8 Å². The second kappa shape index (κ2) is 8.24. The van der Waals surface area contributed by atoms with Gasteiger partial charge in [-0.2, -0.15) is 4.98 Å². The molecule has 1 unspecified atom stereocenters. The Morgan fingerprint density at radius 3 is 2.83 bits per heavy atom. The minimum atomic E-state index is -0.125. The zero-order chi connectivity index (χ0) is 20.4. The highest BCUT2D eigenvalue weighted by Gasteiger charge is 2.34. The molecule has 0 radical (unpaired) electrons. The maximum absolute atomic E-state index is 12.6. The number of hydrogen-bond acceptors (Lipinski definition) is 6. The Morgan fingerprint density at radius 2 is 2.07 bits per heavy atom. The summed E-state index contributed by atoms with van der Waals surface area (Å²) in [4.78, 5) is 18.9. The molecule has 1 saturated heterocycles. The Bertz CT molecular complexity index is 1040. The molecule has 0 N–H and O–H groups in total. The van der Waals surface area contributed by atoms with E-state index in [0.29, 0.717) is 42.7 Å². The van der Waals surface area contributed by atoms with Gasteiger partial charge in [-0.15, -0.1) is 0 Å². The molecule has 1 amide bonds. The summed E-state index contributed by atoms with van der Waals surface area (Å²) in [6, 6.07) is 13.3. The van der Waals surface area contributed by atoms with Crippen LogP contribution >= 0.6 is 15.9 Å². The second-order valence-corrected chi connectivity index (χ2v) is 7.74. The lowest BCUT2D eigenvalue weighted by molar-refractivity contribution is -0.128. The summed E-state index contributed by atoms with van der Waals surface area (Å²) in [6.45, 7) is 0.975. The SMILES string of the molecule is COc1ccc(CN2CC(c3nc(-c4cccc(Br)c4)no3)CC2=O)c(OC)c1. The van der Waals surface area contributed by atoms with Gasteiger partial charge in [0.25, 0.3) is 0 Å². The van der Waals surface area contributed by atoms with E-state index in [0.717, 1.165) is 15.6 Å². The number of halogens is 1. The molecule has 1 aliphatic heterocycles. The normalized spacial score (nSPS) is 16.3. The Hall–Kier alpha value is -2.87. The highest BCUT2D eigenvalue weighted by Crippen LogP contribution is 2.32. The number of carbonyl (C=O) groups is 1. The van der Waals surface area contributed by atoms with Crippen LogP contribution in [0.1, 0.15) is 23.8 Å². The van der Waals surface area contributed by atoms with Crippen LogP contribution in [0.25, 0.3) is 11.4 Å². The fourth-order valence-electron chi connectivity index (χ4n) is 3.42. The molecule has 1 aromatic heterocycles. The van der Waals surface area contributed by atoms with Crippen LogP contribution in [0.5, 0.6) is 11.5 Å². The molecule has 2 aromatic carbocycles. The lowest BCUT2D eigenvalue weighted by Gasteiger charge is -2.18. The van der Waals surface area contributed by atoms with Crippen molar-refractivity contribution in [2.75, 3.05) is 20.8 Å². The summed E-state index contributed by atoms with van der Waals surface area (Å²) in [5.41, 5.74) is 1.78. The van der Waals surface area contributed by atoms with E-state index in [1.165, 1.54) is 0 Å². The maximum atomic E-state index is 12.6. The molecule has 3 aromatic rings. The second-order valence-electron chi connectivity index (χ2n) is 6.82. The molecule has 1 fully saturated rings. The number of ether oxygens (including phenoxy) is 2. The van der Waals surface area contributed by atoms with Crippen molar-refractivity contribution in [2.24, 2.45) is 0 Å². The minimum Gasteiger partial charge on any atom is -0.497 e. The first kappa shape index (κ1) is 19.4. The third kappa shape index (κ3) is 4.12. The number of aromatic nitrogens is 2. The standard InChI is InChI=1S/C21H20BrN3O4/c1-27-17-7-6-14(18(10-17)28-2)11-25-12-15(9-19(25)26)21-23-20(24-29-21)13-4-3-5-16(22)8-13/h3-8,10,15H,9,11-12H2,1-2H3. The van der Waals surface area contributed by atoms with Crippen molar-refractivity contribution < 1.29 is 18.8 Å². The molecule has 150 valence electrons. The first-order valence-electron chi connectivity index (χ1n) is 9.15. The summed E-state index contributed by atoms with van der Waals surface area (Å²) in [5.74, 6) is 2.33. The van der Waals surface area contributed by atoms with E-state index < -0.39 is 0 Å². The minimum absolute atomic E-state index is 0.0510. The van der Waals surface area contributed by atoms with E-state index in [1.54, 1.807) is 19.1 Å². The molecule has 8 heteroatoms. The Balaban J connectivity index is 1.49. The molecular weight excluding hydrogens is 438 g/mol. The molecule has 4 rings (SSSR count). The van der Waals surface area contributed by atoms with Gasteiger partial charge in [-0.1, -0.05) is 33.2 Å². The van der Waals surface area contributed by atoms with E-state index in [9.17, 15) is 4.79 Å². The summed E-state index contributed by atoms with van der Waals surface area (Å²) < 4.78 is 17.1.